The van der Waals surface area contributed by atoms with Crippen molar-refractivity contribution in [2.24, 2.45) is 0 Å². The summed E-state index contributed by atoms with van der Waals surface area (Å²) in [4.78, 5) is 18.0. The summed E-state index contributed by atoms with van der Waals surface area (Å²) in [5.74, 6) is 0.848. The topological polar surface area (TPSA) is 34.9 Å². The van der Waals surface area contributed by atoms with Crippen LogP contribution < -0.4 is 5.56 Å². The Balaban J connectivity index is 2.36. The van der Waals surface area contributed by atoms with Crippen LogP contribution in [0.4, 0.5) is 0 Å². The number of para-hydroxylation sites is 2. The van der Waals surface area contributed by atoms with E-state index in [4.69, 9.17) is 4.98 Å². The molecule has 0 unspecified atom stereocenters. The molecule has 0 spiro atoms. The maximum atomic E-state index is 13.2. The molecule has 0 aliphatic carbocycles. The summed E-state index contributed by atoms with van der Waals surface area (Å²) in [6.07, 6.45) is 0.787. The van der Waals surface area contributed by atoms with Crippen LogP contribution in [0.15, 0.2) is 70.0 Å². The minimum Gasteiger partial charge on any atom is -0.268 e. The van der Waals surface area contributed by atoms with Gasteiger partial charge in [0, 0.05) is 10.4 Å². The highest BCUT2D eigenvalue weighted by atomic mass is 79.9. The van der Waals surface area contributed by atoms with Gasteiger partial charge in [0.15, 0.2) is 0 Å². The highest BCUT2D eigenvalue weighted by Crippen LogP contribution is 2.27. The van der Waals surface area contributed by atoms with Crippen LogP contribution in [-0.2, 0) is 0 Å². The molecule has 0 aliphatic heterocycles. The predicted molar refractivity (Wildman–Crippen MR) is 103 cm³/mol. The smallest absolute Gasteiger partial charge is 0.266 e. The third-order valence-electron chi connectivity index (χ3n) is 3.99. The standard InChI is InChI=1S/C20H19BrN2O/c1-13(2)12-14(3)19-22-17-10-6-4-8-15(17)20(24)23(19)18-11-7-5-9-16(18)21/h4-11,14H,1,12H2,2-3H3/t14-/m1/s1. The lowest BCUT2D eigenvalue weighted by atomic mass is 10.0. The average molecular weight is 383 g/mol. The number of aromatic nitrogens is 2. The number of allylic oxidation sites excluding steroid dienone is 1. The maximum Gasteiger partial charge on any atom is 0.266 e. The molecule has 0 bridgehead atoms. The lowest BCUT2D eigenvalue weighted by Gasteiger charge is -2.19. The van der Waals surface area contributed by atoms with Crippen LogP contribution in [-0.4, -0.2) is 9.55 Å². The van der Waals surface area contributed by atoms with E-state index in [2.05, 4.69) is 29.4 Å². The molecule has 0 saturated carbocycles. The van der Waals surface area contributed by atoms with Crippen LogP contribution in [0.2, 0.25) is 0 Å². The third-order valence-corrected chi connectivity index (χ3v) is 4.66. The Morgan fingerprint density at radius 3 is 2.58 bits per heavy atom. The molecule has 3 nitrogen and oxygen atoms in total. The van der Waals surface area contributed by atoms with E-state index in [0.717, 1.165) is 33.5 Å². The number of nitrogens with zero attached hydrogens (tertiary/aromatic N) is 2. The zero-order valence-corrected chi connectivity index (χ0v) is 15.4. The normalized spacial score (nSPS) is 12.3. The zero-order valence-electron chi connectivity index (χ0n) is 13.8. The Bertz CT molecular complexity index is 975. The van der Waals surface area contributed by atoms with Crippen molar-refractivity contribution in [3.63, 3.8) is 0 Å². The molecule has 24 heavy (non-hydrogen) atoms. The molecule has 0 fully saturated rings. The highest BCUT2D eigenvalue weighted by Gasteiger charge is 2.19. The van der Waals surface area contributed by atoms with Gasteiger partial charge in [-0.05, 0) is 53.5 Å². The van der Waals surface area contributed by atoms with Gasteiger partial charge in [-0.1, -0.05) is 36.8 Å². The van der Waals surface area contributed by atoms with Crippen molar-refractivity contribution >= 4 is 26.8 Å². The van der Waals surface area contributed by atoms with Crippen molar-refractivity contribution < 1.29 is 0 Å². The molecule has 0 aliphatic rings. The van der Waals surface area contributed by atoms with Gasteiger partial charge in [0.2, 0.25) is 0 Å². The van der Waals surface area contributed by atoms with Crippen LogP contribution >= 0.6 is 15.9 Å². The average Bonchev–Trinajstić information content (AvgIpc) is 2.55. The number of hydrogen-bond donors (Lipinski definition) is 0. The second kappa shape index (κ2) is 6.73. The van der Waals surface area contributed by atoms with Gasteiger partial charge < -0.3 is 0 Å². The summed E-state index contributed by atoms with van der Waals surface area (Å²) >= 11 is 3.56. The summed E-state index contributed by atoms with van der Waals surface area (Å²) in [5, 5.41) is 0.625. The summed E-state index contributed by atoms with van der Waals surface area (Å²) in [5.41, 5.74) is 2.57. The van der Waals surface area contributed by atoms with Gasteiger partial charge in [0.05, 0.1) is 16.6 Å². The van der Waals surface area contributed by atoms with Gasteiger partial charge in [0.25, 0.3) is 5.56 Å². The van der Waals surface area contributed by atoms with Crippen LogP contribution in [0.25, 0.3) is 16.6 Å². The van der Waals surface area contributed by atoms with Crippen LogP contribution in [0, 0.1) is 0 Å². The zero-order chi connectivity index (χ0) is 17.3. The molecule has 3 aromatic rings. The first-order valence-electron chi connectivity index (χ1n) is 7.90. The highest BCUT2D eigenvalue weighted by molar-refractivity contribution is 9.10. The first kappa shape index (κ1) is 16.7. The minimum absolute atomic E-state index is 0.0453. The lowest BCUT2D eigenvalue weighted by Crippen LogP contribution is -2.25. The van der Waals surface area contributed by atoms with Gasteiger partial charge in [-0.15, -0.1) is 6.58 Å². The Labute approximate surface area is 149 Å². The second-order valence-electron chi connectivity index (χ2n) is 6.14. The fourth-order valence-corrected chi connectivity index (χ4v) is 3.42. The van der Waals surface area contributed by atoms with Gasteiger partial charge in [-0.25, -0.2) is 4.98 Å². The van der Waals surface area contributed by atoms with Gasteiger partial charge in [-0.3, -0.25) is 9.36 Å². The van der Waals surface area contributed by atoms with E-state index in [-0.39, 0.29) is 11.5 Å². The van der Waals surface area contributed by atoms with Crippen LogP contribution in [0.1, 0.15) is 32.0 Å². The number of fused-ring (bicyclic) bond motifs is 1. The van der Waals surface area contributed by atoms with Crippen LogP contribution in [0.3, 0.4) is 0 Å². The van der Waals surface area contributed by atoms with Gasteiger partial charge in [0.1, 0.15) is 5.82 Å². The summed E-state index contributed by atoms with van der Waals surface area (Å²) in [6, 6.07) is 15.2. The molecule has 0 N–H and O–H groups in total. The first-order valence-corrected chi connectivity index (χ1v) is 8.69. The van der Waals surface area contributed by atoms with Crippen LogP contribution in [0.5, 0.6) is 0 Å². The molecule has 122 valence electrons. The Hall–Kier alpha value is -2.20. The minimum atomic E-state index is -0.0453. The third kappa shape index (κ3) is 3.06. The summed E-state index contributed by atoms with van der Waals surface area (Å²) in [7, 11) is 0. The van der Waals surface area contributed by atoms with E-state index in [9.17, 15) is 4.79 Å². The molecule has 0 saturated heterocycles. The van der Waals surface area contributed by atoms with Crippen molar-refractivity contribution in [1.29, 1.82) is 0 Å². The Morgan fingerprint density at radius 2 is 1.88 bits per heavy atom. The number of halogens is 1. The molecule has 0 radical (unpaired) electrons. The Kier molecular flexibility index (Phi) is 4.67. The maximum absolute atomic E-state index is 13.2. The van der Waals surface area contributed by atoms with E-state index < -0.39 is 0 Å². The first-order chi connectivity index (χ1) is 11.5. The molecule has 1 aromatic heterocycles. The summed E-state index contributed by atoms with van der Waals surface area (Å²) < 4.78 is 2.59. The summed E-state index contributed by atoms with van der Waals surface area (Å²) in [6.45, 7) is 8.08. The molecule has 1 atom stereocenters. The quantitative estimate of drug-likeness (QED) is 0.579. The van der Waals surface area contributed by atoms with Gasteiger partial charge >= 0.3 is 0 Å². The SMILES string of the molecule is C=C(C)C[C@@H](C)c1nc2ccccc2c(=O)n1-c1ccccc1Br. The fraction of sp³-hybridized carbons (Fsp3) is 0.200. The number of rotatable bonds is 4. The van der Waals surface area contributed by atoms with E-state index in [1.807, 2.05) is 55.5 Å². The second-order valence-corrected chi connectivity index (χ2v) is 7.00. The number of benzene rings is 2. The molecule has 0 amide bonds. The Morgan fingerprint density at radius 1 is 1.21 bits per heavy atom. The fourth-order valence-electron chi connectivity index (χ4n) is 2.96. The van der Waals surface area contributed by atoms with E-state index >= 15 is 0 Å². The largest absolute Gasteiger partial charge is 0.268 e. The van der Waals surface area contributed by atoms with Gasteiger partial charge in [-0.2, -0.15) is 0 Å². The molecule has 3 rings (SSSR count). The van der Waals surface area contributed by atoms with E-state index in [1.165, 1.54) is 0 Å². The molecular formula is C20H19BrN2O. The number of hydrogen-bond acceptors (Lipinski definition) is 2. The van der Waals surface area contributed by atoms with Crippen molar-refractivity contribution in [2.75, 3.05) is 0 Å². The van der Waals surface area contributed by atoms with Crippen molar-refractivity contribution in [3.05, 3.63) is 81.3 Å². The lowest BCUT2D eigenvalue weighted by molar-refractivity contribution is 0.661. The monoisotopic (exact) mass is 382 g/mol. The molecular weight excluding hydrogens is 364 g/mol. The molecule has 4 heteroatoms. The van der Waals surface area contributed by atoms with Crippen molar-refractivity contribution in [1.82, 2.24) is 9.55 Å². The van der Waals surface area contributed by atoms with E-state index in [1.54, 1.807) is 4.57 Å². The molecule has 1 heterocycles. The van der Waals surface area contributed by atoms with E-state index in [0.29, 0.717) is 5.39 Å². The predicted octanol–water partition coefficient (Wildman–Crippen LogP) is 5.22. The molecule has 2 aromatic carbocycles. The van der Waals surface area contributed by atoms with Crippen molar-refractivity contribution in [3.8, 4) is 5.69 Å². The van der Waals surface area contributed by atoms with Crippen molar-refractivity contribution in [2.45, 2.75) is 26.2 Å².